The van der Waals surface area contributed by atoms with Gasteiger partial charge in [-0.1, -0.05) is 18.6 Å². The van der Waals surface area contributed by atoms with Crippen molar-refractivity contribution in [3.05, 3.63) is 47.8 Å². The van der Waals surface area contributed by atoms with Crippen LogP contribution in [0, 0.1) is 0 Å². The number of aromatic amines is 1. The van der Waals surface area contributed by atoms with Gasteiger partial charge in [0.15, 0.2) is 0 Å². The van der Waals surface area contributed by atoms with Crippen LogP contribution in [-0.4, -0.2) is 66.2 Å². The van der Waals surface area contributed by atoms with Gasteiger partial charge in [0.2, 0.25) is 10.0 Å². The minimum absolute atomic E-state index is 0.137. The number of carbonyl (C=O) groups excluding carboxylic acids is 1. The van der Waals surface area contributed by atoms with Crippen LogP contribution in [0.2, 0.25) is 0 Å². The van der Waals surface area contributed by atoms with Crippen LogP contribution in [0.3, 0.4) is 0 Å². The highest BCUT2D eigenvalue weighted by atomic mass is 32.2. The van der Waals surface area contributed by atoms with E-state index in [0.29, 0.717) is 18.8 Å². The summed E-state index contributed by atoms with van der Waals surface area (Å²) in [6.07, 6.45) is 5.19. The van der Waals surface area contributed by atoms with E-state index in [1.807, 2.05) is 18.2 Å². The molecule has 0 saturated carbocycles. The molecule has 2 saturated heterocycles. The van der Waals surface area contributed by atoms with Crippen molar-refractivity contribution in [3.8, 4) is 0 Å². The van der Waals surface area contributed by atoms with E-state index >= 15 is 0 Å². The number of thioether (sulfide) groups is 1. The van der Waals surface area contributed by atoms with Crippen molar-refractivity contribution >= 4 is 33.4 Å². The zero-order valence-electron chi connectivity index (χ0n) is 17.0. The van der Waals surface area contributed by atoms with Gasteiger partial charge in [-0.05, 0) is 49.7 Å². The number of hydrogen-bond acceptors (Lipinski definition) is 5. The van der Waals surface area contributed by atoms with E-state index < -0.39 is 10.0 Å². The van der Waals surface area contributed by atoms with Gasteiger partial charge in [0.25, 0.3) is 5.91 Å². The monoisotopic (exact) mass is 448 g/mol. The second-order valence-corrected chi connectivity index (χ2v) is 10.9. The van der Waals surface area contributed by atoms with Gasteiger partial charge in [-0.3, -0.25) is 9.69 Å². The van der Waals surface area contributed by atoms with Crippen LogP contribution in [0.25, 0.3) is 0 Å². The standard InChI is InChI=1S/C21H28N4O3S2/c26-21(20-14-19(15-22-20)30(27,28)25-9-11-29-12-10-25)23-18-6-4-5-17(13-18)16-24-7-2-1-3-8-24/h4-6,13-15,22H,1-3,7-12,16H2,(H,23,26). The third kappa shape index (κ3) is 5.08. The molecule has 2 fully saturated rings. The highest BCUT2D eigenvalue weighted by molar-refractivity contribution is 7.99. The summed E-state index contributed by atoms with van der Waals surface area (Å²) in [7, 11) is -3.57. The molecule has 0 radical (unpaired) electrons. The Morgan fingerprint density at radius 1 is 1.07 bits per heavy atom. The predicted octanol–water partition coefficient (Wildman–Crippen LogP) is 2.99. The number of piperidine rings is 1. The van der Waals surface area contributed by atoms with E-state index in [-0.39, 0.29) is 16.5 Å². The molecule has 1 aromatic heterocycles. The van der Waals surface area contributed by atoms with E-state index in [9.17, 15) is 13.2 Å². The summed E-state index contributed by atoms with van der Waals surface area (Å²) in [5.74, 6) is 1.25. The van der Waals surface area contributed by atoms with Gasteiger partial charge in [-0.15, -0.1) is 0 Å². The van der Waals surface area contributed by atoms with Crippen molar-refractivity contribution in [1.29, 1.82) is 0 Å². The summed E-state index contributed by atoms with van der Waals surface area (Å²) < 4.78 is 27.0. The summed E-state index contributed by atoms with van der Waals surface area (Å²) in [5.41, 5.74) is 2.11. The number of aromatic nitrogens is 1. The average molecular weight is 449 g/mol. The van der Waals surface area contributed by atoms with E-state index in [1.54, 1.807) is 11.8 Å². The Balaban J connectivity index is 1.41. The Labute approximate surface area is 182 Å². The minimum atomic E-state index is -3.57. The minimum Gasteiger partial charge on any atom is -0.356 e. The first kappa shape index (κ1) is 21.4. The first-order valence-electron chi connectivity index (χ1n) is 10.4. The van der Waals surface area contributed by atoms with Crippen LogP contribution < -0.4 is 5.32 Å². The van der Waals surface area contributed by atoms with Gasteiger partial charge >= 0.3 is 0 Å². The second kappa shape index (κ2) is 9.55. The Hall–Kier alpha value is -1.81. The fourth-order valence-electron chi connectivity index (χ4n) is 3.91. The van der Waals surface area contributed by atoms with Crippen molar-refractivity contribution in [3.63, 3.8) is 0 Å². The number of sulfonamides is 1. The average Bonchev–Trinajstić information content (AvgIpc) is 3.27. The number of amides is 1. The van der Waals surface area contributed by atoms with Crippen LogP contribution in [0.1, 0.15) is 35.3 Å². The van der Waals surface area contributed by atoms with Crippen molar-refractivity contribution in [2.24, 2.45) is 0 Å². The van der Waals surface area contributed by atoms with Crippen LogP contribution >= 0.6 is 11.8 Å². The summed E-state index contributed by atoms with van der Waals surface area (Å²) >= 11 is 1.75. The fraction of sp³-hybridized carbons (Fsp3) is 0.476. The van der Waals surface area contributed by atoms with Gasteiger partial charge in [-0.25, -0.2) is 8.42 Å². The molecule has 30 heavy (non-hydrogen) atoms. The van der Waals surface area contributed by atoms with Crippen molar-refractivity contribution in [2.45, 2.75) is 30.7 Å². The van der Waals surface area contributed by atoms with Crippen molar-refractivity contribution < 1.29 is 13.2 Å². The highest BCUT2D eigenvalue weighted by Gasteiger charge is 2.27. The molecule has 1 aromatic carbocycles. The number of likely N-dealkylation sites (tertiary alicyclic amines) is 1. The third-order valence-corrected chi connectivity index (χ3v) is 8.37. The second-order valence-electron chi connectivity index (χ2n) is 7.76. The summed E-state index contributed by atoms with van der Waals surface area (Å²) in [6.45, 7) is 4.12. The topological polar surface area (TPSA) is 85.5 Å². The maximum Gasteiger partial charge on any atom is 0.272 e. The maximum atomic E-state index is 12.8. The maximum absolute atomic E-state index is 12.8. The lowest BCUT2D eigenvalue weighted by atomic mass is 10.1. The molecule has 3 heterocycles. The zero-order valence-corrected chi connectivity index (χ0v) is 18.6. The first-order valence-corrected chi connectivity index (χ1v) is 13.0. The Morgan fingerprint density at radius 2 is 1.83 bits per heavy atom. The number of benzene rings is 1. The lowest BCUT2D eigenvalue weighted by Crippen LogP contribution is -2.37. The zero-order chi connectivity index (χ0) is 21.0. The molecule has 162 valence electrons. The van der Waals surface area contributed by atoms with Crippen LogP contribution in [-0.2, 0) is 16.6 Å². The smallest absolute Gasteiger partial charge is 0.272 e. The van der Waals surface area contributed by atoms with Crippen LogP contribution in [0.5, 0.6) is 0 Å². The Kier molecular flexibility index (Phi) is 6.82. The largest absolute Gasteiger partial charge is 0.356 e. The quantitative estimate of drug-likeness (QED) is 0.710. The number of nitrogens with zero attached hydrogens (tertiary/aromatic N) is 2. The number of anilines is 1. The molecule has 4 rings (SSSR count). The first-order chi connectivity index (χ1) is 14.5. The molecule has 7 nitrogen and oxygen atoms in total. The molecule has 1 amide bonds. The number of rotatable bonds is 6. The van der Waals surface area contributed by atoms with Gasteiger partial charge in [0.1, 0.15) is 10.6 Å². The SMILES string of the molecule is O=C(Nc1cccc(CN2CCCCC2)c1)c1cc(S(=O)(=O)N2CCSCC2)c[nH]1. The number of hydrogen-bond donors (Lipinski definition) is 2. The molecule has 2 N–H and O–H groups in total. The van der Waals surface area contributed by atoms with Crippen LogP contribution in [0.15, 0.2) is 41.4 Å². The van der Waals surface area contributed by atoms with Gasteiger partial charge in [-0.2, -0.15) is 16.1 Å². The predicted molar refractivity (Wildman–Crippen MR) is 120 cm³/mol. The molecule has 0 atom stereocenters. The van der Waals surface area contributed by atoms with Crippen molar-refractivity contribution in [2.75, 3.05) is 43.0 Å². The lowest BCUT2D eigenvalue weighted by molar-refractivity contribution is 0.102. The molecule has 2 aromatic rings. The van der Waals surface area contributed by atoms with E-state index in [2.05, 4.69) is 21.3 Å². The molecular weight excluding hydrogens is 420 g/mol. The lowest BCUT2D eigenvalue weighted by Gasteiger charge is -2.26. The normalized spacial score (nSPS) is 18.9. The number of H-pyrrole nitrogens is 1. The molecular formula is C21H28N4O3S2. The van der Waals surface area contributed by atoms with Crippen LogP contribution in [0.4, 0.5) is 5.69 Å². The van der Waals surface area contributed by atoms with E-state index in [1.165, 1.54) is 35.8 Å². The molecule has 2 aliphatic heterocycles. The molecule has 0 unspecified atom stereocenters. The molecule has 0 spiro atoms. The third-order valence-electron chi connectivity index (χ3n) is 5.55. The van der Waals surface area contributed by atoms with Gasteiger partial charge in [0, 0.05) is 43.0 Å². The van der Waals surface area contributed by atoms with E-state index in [0.717, 1.165) is 36.7 Å². The molecule has 9 heteroatoms. The Morgan fingerprint density at radius 3 is 2.60 bits per heavy atom. The van der Waals surface area contributed by atoms with Gasteiger partial charge in [0.05, 0.1) is 0 Å². The summed E-state index contributed by atoms with van der Waals surface area (Å²) in [4.78, 5) is 18.1. The highest BCUT2D eigenvalue weighted by Crippen LogP contribution is 2.22. The molecule has 0 aliphatic carbocycles. The Bertz CT molecular complexity index is 978. The van der Waals surface area contributed by atoms with E-state index in [4.69, 9.17) is 0 Å². The summed E-state index contributed by atoms with van der Waals surface area (Å²) in [6, 6.07) is 9.26. The summed E-state index contributed by atoms with van der Waals surface area (Å²) in [5, 5.41) is 2.88. The molecule has 2 aliphatic rings. The molecule has 0 bridgehead atoms. The van der Waals surface area contributed by atoms with Crippen molar-refractivity contribution in [1.82, 2.24) is 14.2 Å². The van der Waals surface area contributed by atoms with Gasteiger partial charge < -0.3 is 10.3 Å². The number of nitrogens with one attached hydrogen (secondary N) is 2. The fourth-order valence-corrected chi connectivity index (χ4v) is 6.48. The number of carbonyl (C=O) groups is 1.